The Morgan fingerprint density at radius 1 is 1.07 bits per heavy atom. The van der Waals surface area contributed by atoms with Gasteiger partial charge in [0.05, 0.1) is 25.6 Å². The highest BCUT2D eigenvalue weighted by Crippen LogP contribution is 2.34. The minimum atomic E-state index is -2.20. The van der Waals surface area contributed by atoms with Gasteiger partial charge in [-0.05, 0) is 24.4 Å². The third kappa shape index (κ3) is 3.32. The van der Waals surface area contributed by atoms with Crippen molar-refractivity contribution in [3.8, 4) is 5.75 Å². The van der Waals surface area contributed by atoms with Crippen LogP contribution in [0.2, 0.25) is 0 Å². The van der Waals surface area contributed by atoms with Crippen molar-refractivity contribution in [2.24, 2.45) is 0 Å². The van der Waals surface area contributed by atoms with Gasteiger partial charge in [0.1, 0.15) is 5.75 Å². The van der Waals surface area contributed by atoms with Gasteiger partial charge >= 0.3 is 17.7 Å². The largest absolute Gasteiger partial charge is 0.496 e. The number of aryl methyl sites for hydroxylation is 1. The van der Waals surface area contributed by atoms with Gasteiger partial charge in [0, 0.05) is 28.8 Å². The second kappa shape index (κ2) is 7.47. The van der Waals surface area contributed by atoms with E-state index in [0.29, 0.717) is 27.9 Å². The van der Waals surface area contributed by atoms with Crippen molar-refractivity contribution >= 4 is 28.5 Å². The number of methoxy groups -OCH3 is 1. The quantitative estimate of drug-likeness (QED) is 0.513. The predicted molar refractivity (Wildman–Crippen MR) is 106 cm³/mol. The van der Waals surface area contributed by atoms with Crippen molar-refractivity contribution in [3.63, 3.8) is 0 Å². The van der Waals surface area contributed by atoms with E-state index < -0.39 is 23.5 Å². The van der Waals surface area contributed by atoms with E-state index in [2.05, 4.69) is 9.97 Å². The number of hydrogen-bond donors (Lipinski definition) is 1. The van der Waals surface area contributed by atoms with Gasteiger partial charge in [0.25, 0.3) is 0 Å². The molecule has 1 aliphatic rings. The summed E-state index contributed by atoms with van der Waals surface area (Å²) in [5.74, 6) is -4.01. The van der Waals surface area contributed by atoms with Crippen LogP contribution < -0.4 is 4.74 Å². The number of ether oxygens (including phenoxy) is 3. The number of fused-ring (bicyclic) bond motifs is 1. The highest BCUT2D eigenvalue weighted by Gasteiger charge is 2.49. The summed E-state index contributed by atoms with van der Waals surface area (Å²) in [6.07, 6.45) is 3.08. The van der Waals surface area contributed by atoms with Gasteiger partial charge in [-0.15, -0.1) is 0 Å². The van der Waals surface area contributed by atoms with Crippen LogP contribution in [0.25, 0.3) is 10.8 Å². The average Bonchev–Trinajstić information content (AvgIpc) is 3.07. The molecule has 8 nitrogen and oxygen atoms in total. The second-order valence-electron chi connectivity index (χ2n) is 6.77. The number of cyclic esters (lactones) is 2. The van der Waals surface area contributed by atoms with Crippen LogP contribution in [0.4, 0.5) is 0 Å². The molecular formula is C22H18N2O6. The molecule has 2 heterocycles. The van der Waals surface area contributed by atoms with E-state index in [1.165, 1.54) is 13.4 Å². The maximum atomic E-state index is 13.8. The molecular weight excluding hydrogens is 388 g/mol. The molecule has 8 heteroatoms. The van der Waals surface area contributed by atoms with E-state index in [1.54, 1.807) is 31.2 Å². The van der Waals surface area contributed by atoms with Crippen LogP contribution in [0.1, 0.15) is 21.7 Å². The molecule has 0 saturated heterocycles. The lowest BCUT2D eigenvalue weighted by atomic mass is 9.93. The first-order valence-corrected chi connectivity index (χ1v) is 9.17. The van der Waals surface area contributed by atoms with Gasteiger partial charge in [-0.3, -0.25) is 4.79 Å². The Balaban J connectivity index is 1.89. The molecule has 1 N–H and O–H groups in total. The normalized spacial score (nSPS) is 15.4. The fourth-order valence-electron chi connectivity index (χ4n) is 3.43. The van der Waals surface area contributed by atoms with Crippen LogP contribution >= 0.6 is 0 Å². The van der Waals surface area contributed by atoms with Crippen LogP contribution in [-0.2, 0) is 25.5 Å². The van der Waals surface area contributed by atoms with E-state index in [-0.39, 0.29) is 12.0 Å². The van der Waals surface area contributed by atoms with Gasteiger partial charge in [-0.2, -0.15) is 0 Å². The van der Waals surface area contributed by atoms with Crippen molar-refractivity contribution in [1.29, 1.82) is 0 Å². The first kappa shape index (κ1) is 19.4. The highest BCUT2D eigenvalue weighted by molar-refractivity contribution is 6.14. The number of H-pyrrole nitrogens is 1. The Kier molecular flexibility index (Phi) is 4.83. The number of benzene rings is 2. The highest BCUT2D eigenvalue weighted by atomic mass is 16.7. The van der Waals surface area contributed by atoms with Crippen molar-refractivity contribution in [1.82, 2.24) is 9.97 Å². The second-order valence-corrected chi connectivity index (χ2v) is 6.77. The van der Waals surface area contributed by atoms with Crippen molar-refractivity contribution in [3.05, 3.63) is 71.8 Å². The molecule has 0 aliphatic carbocycles. The molecule has 2 aromatic carbocycles. The van der Waals surface area contributed by atoms with Crippen LogP contribution in [0.5, 0.6) is 5.75 Å². The van der Waals surface area contributed by atoms with Crippen LogP contribution in [0.3, 0.4) is 0 Å². The monoisotopic (exact) mass is 406 g/mol. The van der Waals surface area contributed by atoms with E-state index in [4.69, 9.17) is 14.2 Å². The zero-order chi connectivity index (χ0) is 21.3. The zero-order valence-corrected chi connectivity index (χ0v) is 16.3. The van der Waals surface area contributed by atoms with E-state index in [1.807, 2.05) is 12.1 Å². The van der Waals surface area contributed by atoms with Gasteiger partial charge in [0.15, 0.2) is 0 Å². The number of carbonyl (C=O) groups excluding carboxylic acids is 3. The smallest absolute Gasteiger partial charge is 0.334 e. The number of hydrogen-bond acceptors (Lipinski definition) is 7. The van der Waals surface area contributed by atoms with Gasteiger partial charge < -0.3 is 19.2 Å². The number of nitrogens with zero attached hydrogens (tertiary/aromatic N) is 1. The summed E-state index contributed by atoms with van der Waals surface area (Å²) >= 11 is 0. The van der Waals surface area contributed by atoms with E-state index >= 15 is 0 Å². The summed E-state index contributed by atoms with van der Waals surface area (Å²) in [5.41, 5.74) is 1.32. The number of ketones is 1. The Bertz CT molecular complexity index is 1170. The third-order valence-corrected chi connectivity index (χ3v) is 4.92. The number of carbonyl (C=O) groups is 3. The van der Waals surface area contributed by atoms with Crippen LogP contribution in [-0.4, -0.2) is 40.6 Å². The fourth-order valence-corrected chi connectivity index (χ4v) is 3.43. The topological polar surface area (TPSA) is 108 Å². The van der Waals surface area contributed by atoms with E-state index in [9.17, 15) is 14.4 Å². The summed E-state index contributed by atoms with van der Waals surface area (Å²) in [6.45, 7) is 1.75. The standard InChI is InChI=1S/C22H18N2O6/c1-13-17(24-12-23-13)11-22(29-19(25)9-10-20(26)30-22)21(27)16-7-8-18(28-2)15-6-4-3-5-14(15)16/h3-10,12H,11H2,1-2H3,(H,23,24). The molecule has 0 radical (unpaired) electrons. The molecule has 0 spiro atoms. The maximum Gasteiger partial charge on any atom is 0.334 e. The number of imidazole rings is 1. The van der Waals surface area contributed by atoms with Crippen molar-refractivity contribution in [2.45, 2.75) is 19.1 Å². The number of nitrogens with one attached hydrogen (secondary N) is 1. The molecule has 1 aromatic heterocycles. The van der Waals surface area contributed by atoms with Crippen molar-refractivity contribution < 1.29 is 28.6 Å². The Morgan fingerprint density at radius 3 is 2.33 bits per heavy atom. The number of aromatic nitrogens is 2. The Hall–Kier alpha value is -3.94. The molecule has 0 saturated carbocycles. The molecule has 4 rings (SSSR count). The SMILES string of the molecule is COc1ccc(C(=O)C2(Cc3nc[nH]c3C)OC(=O)C=CC(=O)O2)c2ccccc12. The fraction of sp³-hybridized carbons (Fsp3) is 0.182. The van der Waals surface area contributed by atoms with Crippen LogP contribution in [0, 0.1) is 6.92 Å². The summed E-state index contributed by atoms with van der Waals surface area (Å²) in [7, 11) is 1.53. The lowest BCUT2D eigenvalue weighted by molar-refractivity contribution is -0.201. The zero-order valence-electron chi connectivity index (χ0n) is 16.3. The molecule has 30 heavy (non-hydrogen) atoms. The Morgan fingerprint density at radius 2 is 1.73 bits per heavy atom. The maximum absolute atomic E-state index is 13.8. The first-order chi connectivity index (χ1) is 14.4. The molecule has 0 amide bonds. The molecule has 3 aromatic rings. The summed E-state index contributed by atoms with van der Waals surface area (Å²) in [4.78, 5) is 45.3. The average molecular weight is 406 g/mol. The number of Topliss-reactive ketones (excluding diaryl/α,β-unsaturated/α-hetero) is 1. The van der Waals surface area contributed by atoms with Gasteiger partial charge in [0.2, 0.25) is 5.78 Å². The summed E-state index contributed by atoms with van der Waals surface area (Å²) in [5, 5.41) is 1.27. The molecule has 0 bridgehead atoms. The number of aromatic amines is 1. The Labute approximate surface area is 171 Å². The first-order valence-electron chi connectivity index (χ1n) is 9.17. The van der Waals surface area contributed by atoms with Crippen molar-refractivity contribution in [2.75, 3.05) is 7.11 Å². The minimum absolute atomic E-state index is 0.224. The molecule has 1 aliphatic heterocycles. The van der Waals surface area contributed by atoms with Gasteiger partial charge in [-0.1, -0.05) is 24.3 Å². The number of rotatable bonds is 5. The molecule has 0 unspecified atom stereocenters. The molecule has 0 atom stereocenters. The lowest BCUT2D eigenvalue weighted by Crippen LogP contribution is -2.48. The van der Waals surface area contributed by atoms with Crippen LogP contribution in [0.15, 0.2) is 54.9 Å². The summed E-state index contributed by atoms with van der Waals surface area (Å²) < 4.78 is 16.2. The lowest BCUT2D eigenvalue weighted by Gasteiger charge is -2.29. The van der Waals surface area contributed by atoms with Gasteiger partial charge in [-0.25, -0.2) is 14.6 Å². The van der Waals surface area contributed by atoms with E-state index in [0.717, 1.165) is 12.2 Å². The number of esters is 2. The molecule has 152 valence electrons. The predicted octanol–water partition coefficient (Wildman–Crippen LogP) is 2.66. The minimum Gasteiger partial charge on any atom is -0.496 e. The summed E-state index contributed by atoms with van der Waals surface area (Å²) in [6, 6.07) is 10.3. The molecule has 0 fully saturated rings. The third-order valence-electron chi connectivity index (χ3n) is 4.92.